The van der Waals surface area contributed by atoms with E-state index in [9.17, 15) is 31.9 Å². The Hall–Kier alpha value is -4.86. The van der Waals surface area contributed by atoms with Crippen LogP contribution < -0.4 is 15.6 Å². The standard InChI is InChI=1S/C41H48F4N6O5/c1-3-56-32-11-9-31(10-12-32)51-39(47-36-7-5-4-6-33(36)40(51)54)37(14-17-46-30-15-18-49(19-16-30)28(2)52)50(21-20-48-22-24-55-25-23-48)38(53)27-29-8-13-34(35(42)26-29)41(43,44)45/h4-13,26,30,37,46H,3,14-25,27H2,1-2H3. The summed E-state index contributed by atoms with van der Waals surface area (Å²) < 4.78 is 67.8. The number of fused-ring (bicyclic) bond motifs is 1. The van der Waals surface area contributed by atoms with Gasteiger partial charge >= 0.3 is 6.18 Å². The Morgan fingerprint density at radius 2 is 1.73 bits per heavy atom. The summed E-state index contributed by atoms with van der Waals surface area (Å²) in [6.07, 6.45) is -3.47. The Morgan fingerprint density at radius 3 is 2.39 bits per heavy atom. The maximum absolute atomic E-state index is 14.8. The van der Waals surface area contributed by atoms with Crippen LogP contribution in [0.5, 0.6) is 5.75 Å². The SMILES string of the molecule is CCOc1ccc(-n2c(C(CCNC3CCN(C(C)=O)CC3)N(CCN3CCOCC3)C(=O)Cc3ccc(C(F)(F)F)c(F)c3)nc3ccccc3c2=O)cc1. The Bertz CT molecular complexity index is 2030. The van der Waals surface area contributed by atoms with Gasteiger partial charge in [-0.1, -0.05) is 18.2 Å². The number of para-hydroxylation sites is 1. The van der Waals surface area contributed by atoms with Gasteiger partial charge in [0.15, 0.2) is 0 Å². The number of hydrogen-bond donors (Lipinski definition) is 1. The van der Waals surface area contributed by atoms with Crippen molar-refractivity contribution in [2.45, 2.75) is 57.8 Å². The minimum Gasteiger partial charge on any atom is -0.494 e. The molecule has 2 amide bonds. The van der Waals surface area contributed by atoms with E-state index in [2.05, 4.69) is 10.2 Å². The number of carbonyl (C=O) groups is 2. The maximum Gasteiger partial charge on any atom is 0.419 e. The summed E-state index contributed by atoms with van der Waals surface area (Å²) in [5.41, 5.74) is -0.715. The van der Waals surface area contributed by atoms with Crippen LogP contribution >= 0.6 is 0 Å². The predicted molar refractivity (Wildman–Crippen MR) is 203 cm³/mol. The fourth-order valence-electron chi connectivity index (χ4n) is 7.43. The molecule has 2 saturated heterocycles. The van der Waals surface area contributed by atoms with Crippen molar-refractivity contribution in [3.63, 3.8) is 0 Å². The van der Waals surface area contributed by atoms with Gasteiger partial charge in [0.25, 0.3) is 5.56 Å². The second-order valence-corrected chi connectivity index (χ2v) is 14.1. The van der Waals surface area contributed by atoms with Gasteiger partial charge in [0.05, 0.1) is 54.4 Å². The van der Waals surface area contributed by atoms with Crippen molar-refractivity contribution in [1.29, 1.82) is 0 Å². The van der Waals surface area contributed by atoms with E-state index in [1.807, 2.05) is 11.8 Å². The number of likely N-dealkylation sites (tertiary alicyclic amines) is 1. The van der Waals surface area contributed by atoms with E-state index in [-0.39, 0.29) is 36.0 Å². The number of rotatable bonds is 14. The average molecular weight is 781 g/mol. The number of carbonyl (C=O) groups excluding carboxylic acids is 2. The number of amides is 2. The zero-order chi connectivity index (χ0) is 39.8. The number of halogens is 4. The smallest absolute Gasteiger partial charge is 0.419 e. The van der Waals surface area contributed by atoms with Gasteiger partial charge in [0, 0.05) is 52.2 Å². The lowest BCUT2D eigenvalue weighted by atomic mass is 10.0. The highest BCUT2D eigenvalue weighted by atomic mass is 19.4. The molecular weight excluding hydrogens is 732 g/mol. The van der Waals surface area contributed by atoms with Gasteiger partial charge in [0.2, 0.25) is 11.8 Å². The van der Waals surface area contributed by atoms with E-state index in [0.717, 1.165) is 25.0 Å². The van der Waals surface area contributed by atoms with E-state index in [1.54, 1.807) is 60.4 Å². The molecule has 1 atom stereocenters. The molecule has 300 valence electrons. The van der Waals surface area contributed by atoms with Crippen LogP contribution in [0.2, 0.25) is 0 Å². The van der Waals surface area contributed by atoms with Crippen molar-refractivity contribution in [3.05, 3.63) is 99.9 Å². The topological polar surface area (TPSA) is 109 Å². The number of morpholine rings is 1. The van der Waals surface area contributed by atoms with Crippen molar-refractivity contribution in [2.75, 3.05) is 65.6 Å². The summed E-state index contributed by atoms with van der Waals surface area (Å²) >= 11 is 0. The lowest BCUT2D eigenvalue weighted by Crippen LogP contribution is -2.47. The number of alkyl halides is 3. The average Bonchev–Trinajstić information content (AvgIpc) is 3.18. The summed E-state index contributed by atoms with van der Waals surface area (Å²) in [6, 6.07) is 15.9. The van der Waals surface area contributed by atoms with Crippen molar-refractivity contribution in [3.8, 4) is 11.4 Å². The summed E-state index contributed by atoms with van der Waals surface area (Å²) in [7, 11) is 0. The number of hydrogen-bond acceptors (Lipinski definition) is 8. The first-order valence-electron chi connectivity index (χ1n) is 19.1. The Kier molecular flexibility index (Phi) is 13.4. The van der Waals surface area contributed by atoms with Crippen LogP contribution in [0.25, 0.3) is 16.6 Å². The van der Waals surface area contributed by atoms with E-state index >= 15 is 0 Å². The van der Waals surface area contributed by atoms with Gasteiger partial charge < -0.3 is 24.6 Å². The third kappa shape index (κ3) is 9.92. The van der Waals surface area contributed by atoms with Crippen LogP contribution in [0.3, 0.4) is 0 Å². The van der Waals surface area contributed by atoms with Crippen LogP contribution in [-0.4, -0.2) is 108 Å². The van der Waals surface area contributed by atoms with Crippen LogP contribution in [0.1, 0.15) is 56.1 Å². The normalized spacial score (nSPS) is 16.2. The Labute approximate surface area is 323 Å². The zero-order valence-electron chi connectivity index (χ0n) is 31.7. The molecule has 0 aliphatic carbocycles. The van der Waals surface area contributed by atoms with E-state index < -0.39 is 29.5 Å². The Balaban J connectivity index is 1.42. The molecule has 1 aromatic heterocycles. The second kappa shape index (κ2) is 18.4. The number of benzene rings is 3. The first-order chi connectivity index (χ1) is 26.9. The molecule has 15 heteroatoms. The molecule has 3 aromatic carbocycles. The van der Waals surface area contributed by atoms with Gasteiger partial charge in [-0.15, -0.1) is 0 Å². The summed E-state index contributed by atoms with van der Waals surface area (Å²) in [5.74, 6) is -0.972. The van der Waals surface area contributed by atoms with Gasteiger partial charge in [-0.3, -0.25) is 23.9 Å². The molecule has 3 heterocycles. The fraction of sp³-hybridized carbons (Fsp3) is 0.463. The summed E-state index contributed by atoms with van der Waals surface area (Å²) in [6.45, 7) is 8.51. The number of ether oxygens (including phenoxy) is 2. The van der Waals surface area contributed by atoms with Crippen LogP contribution in [-0.2, 0) is 26.9 Å². The number of nitrogens with one attached hydrogen (secondary N) is 1. The number of nitrogens with zero attached hydrogens (tertiary/aromatic N) is 5. The van der Waals surface area contributed by atoms with Crippen molar-refractivity contribution in [2.24, 2.45) is 0 Å². The monoisotopic (exact) mass is 780 g/mol. The minimum atomic E-state index is -4.89. The highest BCUT2D eigenvalue weighted by molar-refractivity contribution is 5.80. The molecule has 2 fully saturated rings. The lowest BCUT2D eigenvalue weighted by Gasteiger charge is -2.36. The van der Waals surface area contributed by atoms with Crippen molar-refractivity contribution in [1.82, 2.24) is 29.6 Å². The molecule has 4 aromatic rings. The second-order valence-electron chi connectivity index (χ2n) is 14.1. The summed E-state index contributed by atoms with van der Waals surface area (Å²) in [4.78, 5) is 51.7. The molecule has 6 rings (SSSR count). The molecule has 1 unspecified atom stereocenters. The molecular formula is C41H48F4N6O5. The van der Waals surface area contributed by atoms with Crippen molar-refractivity contribution >= 4 is 22.7 Å². The third-order valence-electron chi connectivity index (χ3n) is 10.4. The quantitative estimate of drug-likeness (QED) is 0.170. The van der Waals surface area contributed by atoms with E-state index in [1.165, 1.54) is 4.57 Å². The highest BCUT2D eigenvalue weighted by Gasteiger charge is 2.35. The van der Waals surface area contributed by atoms with E-state index in [0.29, 0.717) is 99.7 Å². The lowest BCUT2D eigenvalue weighted by molar-refractivity contribution is -0.140. The van der Waals surface area contributed by atoms with Crippen LogP contribution in [0.4, 0.5) is 17.6 Å². The third-order valence-corrected chi connectivity index (χ3v) is 10.4. The molecule has 2 aliphatic rings. The van der Waals surface area contributed by atoms with Gasteiger partial charge in [0.1, 0.15) is 17.4 Å². The zero-order valence-corrected chi connectivity index (χ0v) is 31.7. The molecule has 0 bridgehead atoms. The van der Waals surface area contributed by atoms with Gasteiger partial charge in [-0.2, -0.15) is 13.2 Å². The first-order valence-corrected chi connectivity index (χ1v) is 19.1. The molecule has 11 nitrogen and oxygen atoms in total. The van der Waals surface area contributed by atoms with E-state index in [4.69, 9.17) is 14.5 Å². The molecule has 56 heavy (non-hydrogen) atoms. The minimum absolute atomic E-state index is 0.0282. The number of piperidine rings is 1. The fourth-order valence-corrected chi connectivity index (χ4v) is 7.43. The molecule has 2 aliphatic heterocycles. The maximum atomic E-state index is 14.8. The molecule has 0 spiro atoms. The van der Waals surface area contributed by atoms with Crippen molar-refractivity contribution < 1.29 is 36.6 Å². The first kappa shape index (κ1) is 40.8. The molecule has 0 saturated carbocycles. The van der Waals surface area contributed by atoms with Crippen LogP contribution in [0, 0.1) is 5.82 Å². The number of aromatic nitrogens is 2. The largest absolute Gasteiger partial charge is 0.494 e. The molecule has 0 radical (unpaired) electrons. The summed E-state index contributed by atoms with van der Waals surface area (Å²) in [5, 5.41) is 3.98. The highest BCUT2D eigenvalue weighted by Crippen LogP contribution is 2.32. The predicted octanol–water partition coefficient (Wildman–Crippen LogP) is 5.38. The van der Waals surface area contributed by atoms with Gasteiger partial charge in [-0.25, -0.2) is 9.37 Å². The van der Waals surface area contributed by atoms with Gasteiger partial charge in [-0.05, 0) is 86.8 Å². The Morgan fingerprint density at radius 1 is 1.02 bits per heavy atom. The van der Waals surface area contributed by atoms with Crippen LogP contribution in [0.15, 0.2) is 71.5 Å². The molecule has 1 N–H and O–H groups in total.